The number of rotatable bonds is 10. The van der Waals surface area contributed by atoms with Crippen LogP contribution in [0.15, 0.2) is 42.5 Å². The fraction of sp³-hybridized carbons (Fsp3) is 0.304. The van der Waals surface area contributed by atoms with Gasteiger partial charge in [-0.15, -0.1) is 0 Å². The van der Waals surface area contributed by atoms with Crippen molar-refractivity contribution in [1.82, 2.24) is 4.90 Å². The molecule has 0 bridgehead atoms. The van der Waals surface area contributed by atoms with Crippen LogP contribution in [0.3, 0.4) is 0 Å². The van der Waals surface area contributed by atoms with E-state index in [0.717, 1.165) is 12.1 Å². The number of hydrogen-bond acceptors (Lipinski definition) is 4. The molecule has 31 heavy (non-hydrogen) atoms. The molecule has 0 atom stereocenters. The number of halogens is 2. The first kappa shape index (κ1) is 23.9. The molecule has 0 spiro atoms. The minimum Gasteiger partial charge on any atom is -0.485 e. The summed E-state index contributed by atoms with van der Waals surface area (Å²) in [6.45, 7) is 5.62. The number of carbonyl (C=O) groups excluding carboxylic acids is 1. The van der Waals surface area contributed by atoms with E-state index < -0.39 is 30.8 Å². The average Bonchev–Trinajstić information content (AvgIpc) is 2.73. The Morgan fingerprint density at radius 2 is 1.68 bits per heavy atom. The van der Waals surface area contributed by atoms with Crippen molar-refractivity contribution >= 4 is 17.4 Å². The maximum Gasteiger partial charge on any atom is 0.341 e. The first-order valence-electron chi connectivity index (χ1n) is 9.78. The molecule has 0 aliphatic heterocycles. The number of ether oxygens (including phenoxy) is 2. The number of benzene rings is 2. The zero-order chi connectivity index (χ0) is 23.0. The fourth-order valence-corrected chi connectivity index (χ4v) is 2.84. The molecule has 6 nitrogen and oxygen atoms in total. The van der Waals surface area contributed by atoms with Crippen LogP contribution in [0, 0.1) is 11.6 Å². The molecule has 0 fully saturated rings. The van der Waals surface area contributed by atoms with Gasteiger partial charge in [-0.2, -0.15) is 0 Å². The van der Waals surface area contributed by atoms with E-state index in [-0.39, 0.29) is 23.0 Å². The smallest absolute Gasteiger partial charge is 0.341 e. The van der Waals surface area contributed by atoms with E-state index in [1.165, 1.54) is 24.3 Å². The summed E-state index contributed by atoms with van der Waals surface area (Å²) in [5.41, 5.74) is 1.01. The van der Waals surface area contributed by atoms with Crippen molar-refractivity contribution in [2.75, 3.05) is 19.7 Å². The minimum absolute atomic E-state index is 0.0830. The summed E-state index contributed by atoms with van der Waals surface area (Å²) in [4.78, 5) is 24.9. The van der Waals surface area contributed by atoms with Gasteiger partial charge >= 0.3 is 5.97 Å². The van der Waals surface area contributed by atoms with Crippen molar-refractivity contribution in [3.05, 3.63) is 65.2 Å². The monoisotopic (exact) mass is 433 g/mol. The molecule has 0 aliphatic rings. The third kappa shape index (κ3) is 6.53. The standard InChI is InChI=1S/C23H25F2NO5/c1-4-26(5-2)22(27)11-15(3)16-9-10-20(21(12-16)31-14-23(28)29)30-13-17-18(24)7-6-8-19(17)25/h6-12H,4-5,13-14H2,1-3H3,(H,28,29). The summed E-state index contributed by atoms with van der Waals surface area (Å²) >= 11 is 0. The molecule has 8 heteroatoms. The lowest BCUT2D eigenvalue weighted by Gasteiger charge is -2.17. The first-order valence-corrected chi connectivity index (χ1v) is 9.78. The molecule has 166 valence electrons. The molecule has 0 aliphatic carbocycles. The molecule has 0 unspecified atom stereocenters. The van der Waals surface area contributed by atoms with Crippen LogP contribution in [0.4, 0.5) is 8.78 Å². The molecule has 1 amide bonds. The van der Waals surface area contributed by atoms with E-state index in [1.54, 1.807) is 17.9 Å². The van der Waals surface area contributed by atoms with Crippen molar-refractivity contribution in [3.8, 4) is 11.5 Å². The van der Waals surface area contributed by atoms with Gasteiger partial charge < -0.3 is 19.5 Å². The lowest BCUT2D eigenvalue weighted by Crippen LogP contribution is -2.28. The van der Waals surface area contributed by atoms with Gasteiger partial charge in [0.2, 0.25) is 5.91 Å². The van der Waals surface area contributed by atoms with Crippen LogP contribution < -0.4 is 9.47 Å². The van der Waals surface area contributed by atoms with Gasteiger partial charge in [0, 0.05) is 19.2 Å². The Labute approximate surface area is 179 Å². The third-order valence-corrected chi connectivity index (χ3v) is 4.60. The van der Waals surface area contributed by atoms with Crippen LogP contribution in [0.1, 0.15) is 31.9 Å². The van der Waals surface area contributed by atoms with Gasteiger partial charge in [0.25, 0.3) is 0 Å². The maximum absolute atomic E-state index is 13.9. The van der Waals surface area contributed by atoms with Crippen LogP contribution in [0.25, 0.3) is 5.57 Å². The number of carboxylic acids is 1. The highest BCUT2D eigenvalue weighted by Crippen LogP contribution is 2.32. The van der Waals surface area contributed by atoms with Gasteiger partial charge in [-0.3, -0.25) is 4.79 Å². The largest absolute Gasteiger partial charge is 0.485 e. The second kappa shape index (κ2) is 11.1. The van der Waals surface area contributed by atoms with Crippen molar-refractivity contribution in [1.29, 1.82) is 0 Å². The molecule has 0 saturated carbocycles. The Kier molecular flexibility index (Phi) is 8.54. The van der Waals surface area contributed by atoms with Crippen LogP contribution in [0.2, 0.25) is 0 Å². The highest BCUT2D eigenvalue weighted by molar-refractivity contribution is 5.95. The van der Waals surface area contributed by atoms with Gasteiger partial charge in [-0.25, -0.2) is 13.6 Å². The normalized spacial score (nSPS) is 11.2. The number of amides is 1. The van der Waals surface area contributed by atoms with Gasteiger partial charge in [-0.1, -0.05) is 12.1 Å². The molecule has 2 aromatic rings. The lowest BCUT2D eigenvalue weighted by molar-refractivity contribution is -0.139. The number of allylic oxidation sites excluding steroid dienone is 1. The summed E-state index contributed by atoms with van der Waals surface area (Å²) in [7, 11) is 0. The maximum atomic E-state index is 13.9. The predicted octanol–water partition coefficient (Wildman–Crippen LogP) is 4.28. The van der Waals surface area contributed by atoms with E-state index in [0.29, 0.717) is 24.2 Å². The third-order valence-electron chi connectivity index (χ3n) is 4.60. The number of aliphatic carboxylic acids is 1. The van der Waals surface area contributed by atoms with E-state index in [4.69, 9.17) is 14.6 Å². The van der Waals surface area contributed by atoms with Crippen LogP contribution in [-0.4, -0.2) is 41.6 Å². The summed E-state index contributed by atoms with van der Waals surface area (Å²) < 4.78 is 38.5. The molecule has 0 aromatic heterocycles. The quantitative estimate of drug-likeness (QED) is 0.566. The first-order chi connectivity index (χ1) is 14.8. The van der Waals surface area contributed by atoms with Crippen molar-refractivity contribution < 1.29 is 33.0 Å². The lowest BCUT2D eigenvalue weighted by atomic mass is 10.1. The average molecular weight is 433 g/mol. The summed E-state index contributed by atoms with van der Waals surface area (Å²) in [6.07, 6.45) is 1.48. The Balaban J connectivity index is 2.30. The highest BCUT2D eigenvalue weighted by atomic mass is 19.1. The van der Waals surface area contributed by atoms with Gasteiger partial charge in [0.1, 0.15) is 18.2 Å². The zero-order valence-electron chi connectivity index (χ0n) is 17.7. The molecule has 2 aromatic carbocycles. The number of nitrogens with zero attached hydrogens (tertiary/aromatic N) is 1. The number of likely N-dealkylation sites (N-methyl/N-ethyl adjacent to an activating group) is 1. The van der Waals surface area contributed by atoms with Gasteiger partial charge in [0.15, 0.2) is 18.1 Å². The molecular weight excluding hydrogens is 408 g/mol. The van der Waals surface area contributed by atoms with Crippen LogP contribution >= 0.6 is 0 Å². The van der Waals surface area contributed by atoms with Crippen molar-refractivity contribution in [3.63, 3.8) is 0 Å². The number of carbonyl (C=O) groups is 2. The fourth-order valence-electron chi connectivity index (χ4n) is 2.84. The second-order valence-electron chi connectivity index (χ2n) is 6.67. The number of hydrogen-bond donors (Lipinski definition) is 1. The van der Waals surface area contributed by atoms with E-state index >= 15 is 0 Å². The molecular formula is C23H25F2NO5. The van der Waals surface area contributed by atoms with E-state index in [1.807, 2.05) is 13.8 Å². The highest BCUT2D eigenvalue weighted by Gasteiger charge is 2.14. The molecule has 0 heterocycles. The molecule has 0 saturated heterocycles. The molecule has 1 N–H and O–H groups in total. The van der Waals surface area contributed by atoms with E-state index in [9.17, 15) is 18.4 Å². The summed E-state index contributed by atoms with van der Waals surface area (Å²) in [6, 6.07) is 8.17. The summed E-state index contributed by atoms with van der Waals surface area (Å²) in [5, 5.41) is 8.93. The minimum atomic E-state index is -1.19. The topological polar surface area (TPSA) is 76.1 Å². The van der Waals surface area contributed by atoms with Crippen LogP contribution in [0.5, 0.6) is 11.5 Å². The Morgan fingerprint density at radius 3 is 2.26 bits per heavy atom. The zero-order valence-corrected chi connectivity index (χ0v) is 17.7. The van der Waals surface area contributed by atoms with Crippen molar-refractivity contribution in [2.24, 2.45) is 0 Å². The number of carboxylic acid groups (broad SMARTS) is 1. The van der Waals surface area contributed by atoms with Crippen molar-refractivity contribution in [2.45, 2.75) is 27.4 Å². The Morgan fingerprint density at radius 1 is 1.03 bits per heavy atom. The Hall–Kier alpha value is -3.42. The Bertz CT molecular complexity index is 950. The van der Waals surface area contributed by atoms with Crippen LogP contribution in [-0.2, 0) is 16.2 Å². The predicted molar refractivity (Wildman–Crippen MR) is 112 cm³/mol. The van der Waals surface area contributed by atoms with Gasteiger partial charge in [-0.05, 0) is 56.2 Å². The molecule has 2 rings (SSSR count). The molecule has 0 radical (unpaired) electrons. The van der Waals surface area contributed by atoms with Gasteiger partial charge in [0.05, 0.1) is 5.56 Å². The second-order valence-corrected chi connectivity index (χ2v) is 6.67. The SMILES string of the molecule is CCN(CC)C(=O)C=C(C)c1ccc(OCc2c(F)cccc2F)c(OCC(=O)O)c1. The summed E-state index contributed by atoms with van der Waals surface area (Å²) in [5.74, 6) is -2.64. The van der Waals surface area contributed by atoms with E-state index in [2.05, 4.69) is 0 Å².